The molecule has 0 saturated heterocycles. The molecule has 1 N–H and O–H groups in total. The number of carbonyl (C=O) groups is 2. The van der Waals surface area contributed by atoms with E-state index < -0.39 is 6.04 Å². The van der Waals surface area contributed by atoms with E-state index in [1.807, 2.05) is 86.6 Å². The molecule has 40 heavy (non-hydrogen) atoms. The maximum absolute atomic E-state index is 13.9. The van der Waals surface area contributed by atoms with Crippen LogP contribution < -0.4 is 14.8 Å². The molecule has 6 nitrogen and oxygen atoms in total. The van der Waals surface area contributed by atoms with Crippen LogP contribution in [0.4, 0.5) is 0 Å². The number of benzene rings is 3. The van der Waals surface area contributed by atoms with Crippen molar-refractivity contribution in [2.75, 3.05) is 19.8 Å². The van der Waals surface area contributed by atoms with Gasteiger partial charge >= 0.3 is 0 Å². The third-order valence-electron chi connectivity index (χ3n) is 6.43. The number of nitrogens with zero attached hydrogens (tertiary/aromatic N) is 1. The molecular formula is C33H41BrN2O4. The van der Waals surface area contributed by atoms with Gasteiger partial charge < -0.3 is 19.7 Å². The molecule has 0 spiro atoms. The fourth-order valence-electron chi connectivity index (χ4n) is 4.45. The largest absolute Gasteiger partial charge is 0.490 e. The summed E-state index contributed by atoms with van der Waals surface area (Å²) >= 11 is 3.54. The summed E-state index contributed by atoms with van der Waals surface area (Å²) in [5, 5.41) is 3.08. The van der Waals surface area contributed by atoms with E-state index in [4.69, 9.17) is 9.47 Å². The van der Waals surface area contributed by atoms with Gasteiger partial charge in [-0.2, -0.15) is 0 Å². The Kier molecular flexibility index (Phi) is 12.5. The lowest BCUT2D eigenvalue weighted by atomic mass is 10.0. The van der Waals surface area contributed by atoms with E-state index in [9.17, 15) is 9.59 Å². The van der Waals surface area contributed by atoms with E-state index in [1.54, 1.807) is 4.90 Å². The highest BCUT2D eigenvalue weighted by atomic mass is 79.9. The lowest BCUT2D eigenvalue weighted by Crippen LogP contribution is -2.51. The van der Waals surface area contributed by atoms with Gasteiger partial charge in [0.2, 0.25) is 11.8 Å². The second kappa shape index (κ2) is 16.1. The Labute approximate surface area is 247 Å². The first-order valence-electron chi connectivity index (χ1n) is 14.0. The molecular weight excluding hydrogens is 568 g/mol. The van der Waals surface area contributed by atoms with Crippen LogP contribution >= 0.6 is 15.9 Å². The lowest BCUT2D eigenvalue weighted by molar-refractivity contribution is -0.141. The normalized spacial score (nSPS) is 11.7. The molecule has 3 aromatic rings. The second-order valence-corrected chi connectivity index (χ2v) is 11.1. The maximum atomic E-state index is 13.9. The van der Waals surface area contributed by atoms with Crippen molar-refractivity contribution in [1.29, 1.82) is 0 Å². The summed E-state index contributed by atoms with van der Waals surface area (Å²) in [7, 11) is 0. The number of nitrogens with one attached hydrogen (secondary N) is 1. The number of carbonyl (C=O) groups excluding carboxylic acids is 2. The zero-order chi connectivity index (χ0) is 28.9. The third-order valence-corrected chi connectivity index (χ3v) is 6.93. The number of ether oxygens (including phenoxy) is 2. The third kappa shape index (κ3) is 9.70. The SMILES string of the molecule is CCOc1ccc(CCC(=O)N(Cc2cccc(Br)c2)[C@H](Cc2ccccc2)C(=O)NCC(C)C)cc1OCC. The maximum Gasteiger partial charge on any atom is 0.243 e. The summed E-state index contributed by atoms with van der Waals surface area (Å²) in [6.45, 7) is 9.94. The van der Waals surface area contributed by atoms with Crippen LogP contribution in [0.5, 0.6) is 11.5 Å². The minimum atomic E-state index is -0.646. The number of halogens is 1. The molecule has 0 aliphatic heterocycles. The summed E-state index contributed by atoms with van der Waals surface area (Å²) in [5.41, 5.74) is 2.94. The first-order valence-corrected chi connectivity index (χ1v) is 14.8. The van der Waals surface area contributed by atoms with Crippen molar-refractivity contribution in [2.24, 2.45) is 5.92 Å². The molecule has 0 bridgehead atoms. The molecule has 3 rings (SSSR count). The van der Waals surface area contributed by atoms with Gasteiger partial charge in [-0.05, 0) is 67.1 Å². The first-order chi connectivity index (χ1) is 19.3. The van der Waals surface area contributed by atoms with Crippen LogP contribution in [0.25, 0.3) is 0 Å². The molecule has 0 heterocycles. The number of aryl methyl sites for hydroxylation is 1. The quantitative estimate of drug-likeness (QED) is 0.211. The van der Waals surface area contributed by atoms with Crippen LogP contribution in [0.1, 0.15) is 50.8 Å². The number of amides is 2. The highest BCUT2D eigenvalue weighted by Gasteiger charge is 2.30. The van der Waals surface area contributed by atoms with Gasteiger partial charge in [0.15, 0.2) is 11.5 Å². The van der Waals surface area contributed by atoms with E-state index in [0.717, 1.165) is 21.2 Å². The molecule has 0 unspecified atom stereocenters. The van der Waals surface area contributed by atoms with Gasteiger partial charge in [-0.25, -0.2) is 0 Å². The zero-order valence-electron chi connectivity index (χ0n) is 24.0. The highest BCUT2D eigenvalue weighted by Crippen LogP contribution is 2.29. The van der Waals surface area contributed by atoms with Crippen molar-refractivity contribution in [3.8, 4) is 11.5 Å². The van der Waals surface area contributed by atoms with Crippen LogP contribution in [-0.2, 0) is 29.0 Å². The Hall–Kier alpha value is -3.32. The van der Waals surface area contributed by atoms with Gasteiger partial charge in [0.25, 0.3) is 0 Å². The van der Waals surface area contributed by atoms with Gasteiger partial charge in [-0.1, -0.05) is 78.3 Å². The smallest absolute Gasteiger partial charge is 0.243 e. The highest BCUT2D eigenvalue weighted by molar-refractivity contribution is 9.10. The summed E-state index contributed by atoms with van der Waals surface area (Å²) in [6, 6.07) is 22.9. The number of rotatable bonds is 15. The van der Waals surface area contributed by atoms with Crippen LogP contribution in [0.2, 0.25) is 0 Å². The average molecular weight is 610 g/mol. The lowest BCUT2D eigenvalue weighted by Gasteiger charge is -2.32. The van der Waals surface area contributed by atoms with Crippen molar-refractivity contribution < 1.29 is 19.1 Å². The molecule has 3 aromatic carbocycles. The van der Waals surface area contributed by atoms with E-state index >= 15 is 0 Å². The molecule has 7 heteroatoms. The standard InChI is InChI=1S/C33H41BrN2O4/c1-5-39-30-17-15-26(21-31(30)40-6-2)16-18-32(37)36(23-27-13-10-14-28(34)19-27)29(33(38)35-22-24(3)4)20-25-11-8-7-9-12-25/h7-15,17,19,21,24,29H,5-6,16,18,20,22-23H2,1-4H3,(H,35,38)/t29-/m1/s1. The van der Waals surface area contributed by atoms with E-state index in [0.29, 0.717) is 56.6 Å². The Bertz CT molecular complexity index is 1230. The van der Waals surface area contributed by atoms with Crippen molar-refractivity contribution >= 4 is 27.7 Å². The molecule has 0 aliphatic rings. The minimum absolute atomic E-state index is 0.0764. The second-order valence-electron chi connectivity index (χ2n) is 10.1. The van der Waals surface area contributed by atoms with Crippen molar-refractivity contribution in [1.82, 2.24) is 10.2 Å². The zero-order valence-corrected chi connectivity index (χ0v) is 25.6. The summed E-state index contributed by atoms with van der Waals surface area (Å²) in [4.78, 5) is 29.3. The number of hydrogen-bond donors (Lipinski definition) is 1. The van der Waals surface area contributed by atoms with E-state index in [2.05, 4.69) is 35.1 Å². The molecule has 0 fully saturated rings. The molecule has 0 aromatic heterocycles. The first kappa shape index (κ1) is 31.2. The van der Waals surface area contributed by atoms with Crippen molar-refractivity contribution in [3.63, 3.8) is 0 Å². The van der Waals surface area contributed by atoms with E-state index in [1.165, 1.54) is 0 Å². The van der Waals surface area contributed by atoms with Gasteiger partial charge in [0.05, 0.1) is 13.2 Å². The average Bonchev–Trinajstić information content (AvgIpc) is 2.94. The Morgan fingerprint density at radius 3 is 2.23 bits per heavy atom. The number of hydrogen-bond acceptors (Lipinski definition) is 4. The summed E-state index contributed by atoms with van der Waals surface area (Å²) < 4.78 is 12.4. The fourth-order valence-corrected chi connectivity index (χ4v) is 4.90. The minimum Gasteiger partial charge on any atom is -0.490 e. The van der Waals surface area contributed by atoms with E-state index in [-0.39, 0.29) is 18.2 Å². The van der Waals surface area contributed by atoms with Crippen molar-refractivity contribution in [3.05, 3.63) is 94.0 Å². The Morgan fingerprint density at radius 2 is 1.55 bits per heavy atom. The molecule has 1 atom stereocenters. The molecule has 214 valence electrons. The van der Waals surface area contributed by atoms with Gasteiger partial charge in [-0.3, -0.25) is 9.59 Å². The van der Waals surface area contributed by atoms with Crippen LogP contribution in [0.3, 0.4) is 0 Å². The fraction of sp³-hybridized carbons (Fsp3) is 0.394. The predicted octanol–water partition coefficient (Wildman–Crippen LogP) is 6.59. The van der Waals surface area contributed by atoms with Crippen LogP contribution in [0.15, 0.2) is 77.3 Å². The monoisotopic (exact) mass is 608 g/mol. The summed E-state index contributed by atoms with van der Waals surface area (Å²) in [5.74, 6) is 1.46. The van der Waals surface area contributed by atoms with Gasteiger partial charge in [0, 0.05) is 30.4 Å². The topological polar surface area (TPSA) is 67.9 Å². The van der Waals surface area contributed by atoms with Crippen LogP contribution in [-0.4, -0.2) is 42.5 Å². The Morgan fingerprint density at radius 1 is 0.850 bits per heavy atom. The van der Waals surface area contributed by atoms with Crippen molar-refractivity contribution in [2.45, 2.75) is 59.5 Å². The predicted molar refractivity (Wildman–Crippen MR) is 164 cm³/mol. The molecule has 2 amide bonds. The van der Waals surface area contributed by atoms with Gasteiger partial charge in [0.1, 0.15) is 6.04 Å². The van der Waals surface area contributed by atoms with Crippen LogP contribution in [0, 0.1) is 5.92 Å². The van der Waals surface area contributed by atoms with Gasteiger partial charge in [-0.15, -0.1) is 0 Å². The summed E-state index contributed by atoms with van der Waals surface area (Å²) in [6.07, 6.45) is 1.21. The Balaban J connectivity index is 1.89. The molecule has 0 radical (unpaired) electrons. The molecule has 0 aliphatic carbocycles. The molecule has 0 saturated carbocycles.